The number of rotatable bonds is 8. The van der Waals surface area contributed by atoms with Crippen molar-refractivity contribution in [2.75, 3.05) is 17.2 Å². The molecule has 1 aromatic heterocycles. The maximum atomic E-state index is 4.66. The summed E-state index contributed by atoms with van der Waals surface area (Å²) in [5.41, 5.74) is 1.04. The zero-order valence-corrected chi connectivity index (χ0v) is 13.8. The minimum absolute atomic E-state index is 0.391. The van der Waals surface area contributed by atoms with E-state index < -0.39 is 0 Å². The summed E-state index contributed by atoms with van der Waals surface area (Å²) in [6, 6.07) is 12.5. The van der Waals surface area contributed by atoms with Crippen molar-refractivity contribution in [3.63, 3.8) is 0 Å². The molecule has 2 rings (SSSR count). The van der Waals surface area contributed by atoms with Crippen molar-refractivity contribution in [1.82, 2.24) is 9.97 Å². The summed E-state index contributed by atoms with van der Waals surface area (Å²) >= 11 is 0. The van der Waals surface area contributed by atoms with Crippen molar-refractivity contribution < 1.29 is 0 Å². The molecule has 118 valence electrons. The molecule has 0 saturated carbocycles. The van der Waals surface area contributed by atoms with E-state index in [0.717, 1.165) is 42.4 Å². The number of hydrogen-bond acceptors (Lipinski definition) is 4. The molecule has 1 unspecified atom stereocenters. The van der Waals surface area contributed by atoms with E-state index in [2.05, 4.69) is 41.4 Å². The first-order valence-corrected chi connectivity index (χ1v) is 8.17. The van der Waals surface area contributed by atoms with Crippen LogP contribution >= 0.6 is 0 Å². The molecule has 0 saturated heterocycles. The van der Waals surface area contributed by atoms with E-state index >= 15 is 0 Å². The average Bonchev–Trinajstić information content (AvgIpc) is 2.55. The molecular weight excluding hydrogens is 272 g/mol. The number of hydrogen-bond donors (Lipinski definition) is 2. The minimum atomic E-state index is 0.391. The minimum Gasteiger partial charge on any atom is -0.370 e. The summed E-state index contributed by atoms with van der Waals surface area (Å²) < 4.78 is 0. The zero-order valence-electron chi connectivity index (χ0n) is 13.8. The Morgan fingerprint density at radius 2 is 1.77 bits per heavy atom. The number of aromatic nitrogens is 2. The first kappa shape index (κ1) is 16.3. The lowest BCUT2D eigenvalue weighted by molar-refractivity contribution is 0.758. The molecule has 0 fully saturated rings. The van der Waals surface area contributed by atoms with Gasteiger partial charge in [0.25, 0.3) is 0 Å². The van der Waals surface area contributed by atoms with Crippen molar-refractivity contribution in [2.45, 2.75) is 46.1 Å². The Kier molecular flexibility index (Phi) is 6.19. The SMILES string of the molecule is CCCCNc1cc(NC(C)CC)nc(-c2ccccc2)n1. The van der Waals surface area contributed by atoms with Crippen LogP contribution in [0.2, 0.25) is 0 Å². The number of nitrogens with zero attached hydrogens (tertiary/aromatic N) is 2. The number of nitrogens with one attached hydrogen (secondary N) is 2. The molecule has 0 aliphatic carbocycles. The molecule has 1 atom stereocenters. The van der Waals surface area contributed by atoms with Crippen molar-refractivity contribution in [2.24, 2.45) is 0 Å². The van der Waals surface area contributed by atoms with Gasteiger partial charge in [-0.05, 0) is 19.8 Å². The van der Waals surface area contributed by atoms with Crippen LogP contribution in [0.25, 0.3) is 11.4 Å². The van der Waals surface area contributed by atoms with Crippen molar-refractivity contribution in [3.05, 3.63) is 36.4 Å². The second-order valence-electron chi connectivity index (χ2n) is 5.56. The van der Waals surface area contributed by atoms with Gasteiger partial charge in [0.15, 0.2) is 5.82 Å². The quantitative estimate of drug-likeness (QED) is 0.701. The Hall–Kier alpha value is -2.10. The van der Waals surface area contributed by atoms with Crippen LogP contribution in [0.15, 0.2) is 36.4 Å². The topological polar surface area (TPSA) is 49.8 Å². The highest BCUT2D eigenvalue weighted by Gasteiger charge is 2.08. The third-order valence-corrected chi connectivity index (χ3v) is 3.60. The molecule has 1 heterocycles. The van der Waals surface area contributed by atoms with E-state index in [1.54, 1.807) is 0 Å². The Morgan fingerprint density at radius 1 is 1.05 bits per heavy atom. The van der Waals surface area contributed by atoms with Crippen molar-refractivity contribution in [1.29, 1.82) is 0 Å². The Balaban J connectivity index is 2.27. The molecule has 0 amide bonds. The van der Waals surface area contributed by atoms with Crippen molar-refractivity contribution in [3.8, 4) is 11.4 Å². The zero-order chi connectivity index (χ0) is 15.8. The Labute approximate surface area is 133 Å². The molecule has 1 aromatic carbocycles. The summed E-state index contributed by atoms with van der Waals surface area (Å²) in [5.74, 6) is 2.52. The Bertz CT molecular complexity index is 569. The van der Waals surface area contributed by atoms with Crippen molar-refractivity contribution >= 4 is 11.6 Å². The first-order chi connectivity index (χ1) is 10.7. The van der Waals surface area contributed by atoms with Crippen LogP contribution < -0.4 is 10.6 Å². The third-order valence-electron chi connectivity index (χ3n) is 3.60. The Morgan fingerprint density at radius 3 is 2.45 bits per heavy atom. The standard InChI is InChI=1S/C18H26N4/c1-4-6-12-19-16-13-17(20-14(3)5-2)22-18(21-16)15-10-8-7-9-11-15/h7-11,13-14H,4-6,12H2,1-3H3,(H2,19,20,21,22). The van der Waals surface area contributed by atoms with Gasteiger partial charge in [0.1, 0.15) is 11.6 Å². The third kappa shape index (κ3) is 4.72. The van der Waals surface area contributed by atoms with Crippen LogP contribution in [0.3, 0.4) is 0 Å². The molecule has 2 aromatic rings. The molecule has 0 aliphatic heterocycles. The summed E-state index contributed by atoms with van der Waals surface area (Å²) in [6.07, 6.45) is 3.36. The van der Waals surface area contributed by atoms with Gasteiger partial charge in [0.2, 0.25) is 0 Å². The molecule has 0 aliphatic rings. The molecule has 22 heavy (non-hydrogen) atoms. The molecule has 0 radical (unpaired) electrons. The number of anilines is 2. The first-order valence-electron chi connectivity index (χ1n) is 8.17. The monoisotopic (exact) mass is 298 g/mol. The van der Waals surface area contributed by atoms with Crippen LogP contribution in [0.5, 0.6) is 0 Å². The van der Waals surface area contributed by atoms with E-state index in [9.17, 15) is 0 Å². The maximum absolute atomic E-state index is 4.66. The predicted molar refractivity (Wildman–Crippen MR) is 94.2 cm³/mol. The van der Waals surface area contributed by atoms with Gasteiger partial charge < -0.3 is 10.6 Å². The second-order valence-corrected chi connectivity index (χ2v) is 5.56. The molecule has 0 spiro atoms. The van der Waals surface area contributed by atoms with Gasteiger partial charge in [-0.1, -0.05) is 50.6 Å². The van der Waals surface area contributed by atoms with Crippen LogP contribution in [-0.4, -0.2) is 22.6 Å². The summed E-state index contributed by atoms with van der Waals surface area (Å²) in [4.78, 5) is 9.30. The van der Waals surface area contributed by atoms with Crippen LogP contribution in [-0.2, 0) is 0 Å². The van der Waals surface area contributed by atoms with E-state index in [0.29, 0.717) is 6.04 Å². The summed E-state index contributed by atoms with van der Waals surface area (Å²) in [7, 11) is 0. The summed E-state index contributed by atoms with van der Waals surface area (Å²) in [5, 5.41) is 6.84. The number of benzene rings is 1. The van der Waals surface area contributed by atoms with Gasteiger partial charge in [-0.2, -0.15) is 0 Å². The predicted octanol–water partition coefficient (Wildman–Crippen LogP) is 4.57. The lowest BCUT2D eigenvalue weighted by Crippen LogP contribution is -2.15. The fourth-order valence-electron chi connectivity index (χ4n) is 2.08. The highest BCUT2D eigenvalue weighted by atomic mass is 15.1. The van der Waals surface area contributed by atoms with E-state index in [4.69, 9.17) is 0 Å². The van der Waals surface area contributed by atoms with Gasteiger partial charge >= 0.3 is 0 Å². The average molecular weight is 298 g/mol. The normalized spacial score (nSPS) is 12.0. The lowest BCUT2D eigenvalue weighted by Gasteiger charge is -2.15. The lowest BCUT2D eigenvalue weighted by atomic mass is 10.2. The molecule has 0 bridgehead atoms. The highest BCUT2D eigenvalue weighted by molar-refractivity contribution is 5.61. The van der Waals surface area contributed by atoms with Crippen LogP contribution in [0, 0.1) is 0 Å². The largest absolute Gasteiger partial charge is 0.370 e. The van der Waals surface area contributed by atoms with Gasteiger partial charge in [-0.25, -0.2) is 9.97 Å². The fourth-order valence-corrected chi connectivity index (χ4v) is 2.08. The number of unbranched alkanes of at least 4 members (excludes halogenated alkanes) is 1. The van der Waals surface area contributed by atoms with Crippen LogP contribution in [0.4, 0.5) is 11.6 Å². The summed E-state index contributed by atoms with van der Waals surface area (Å²) in [6.45, 7) is 7.45. The van der Waals surface area contributed by atoms with Gasteiger partial charge in [0, 0.05) is 24.2 Å². The van der Waals surface area contributed by atoms with Gasteiger partial charge in [0.05, 0.1) is 0 Å². The second kappa shape index (κ2) is 8.37. The van der Waals surface area contributed by atoms with E-state index in [-0.39, 0.29) is 0 Å². The van der Waals surface area contributed by atoms with E-state index in [1.165, 1.54) is 6.42 Å². The van der Waals surface area contributed by atoms with Gasteiger partial charge in [-0.3, -0.25) is 0 Å². The molecule has 4 nitrogen and oxygen atoms in total. The smallest absolute Gasteiger partial charge is 0.163 e. The molecular formula is C18H26N4. The maximum Gasteiger partial charge on any atom is 0.163 e. The van der Waals surface area contributed by atoms with E-state index in [1.807, 2.05) is 36.4 Å². The van der Waals surface area contributed by atoms with Gasteiger partial charge in [-0.15, -0.1) is 0 Å². The fraction of sp³-hybridized carbons (Fsp3) is 0.444. The van der Waals surface area contributed by atoms with Crippen LogP contribution in [0.1, 0.15) is 40.0 Å². The molecule has 4 heteroatoms. The molecule has 2 N–H and O–H groups in total. The highest BCUT2D eigenvalue weighted by Crippen LogP contribution is 2.20.